The number of rotatable bonds is 4. The number of piperidine rings is 1. The van der Waals surface area contributed by atoms with E-state index in [0.29, 0.717) is 13.2 Å². The molecule has 2 atom stereocenters. The van der Waals surface area contributed by atoms with Crippen LogP contribution in [0.1, 0.15) is 31.4 Å². The number of carbonyl (C=O) groups is 1. The molecule has 0 saturated carbocycles. The Kier molecular flexibility index (Phi) is 5.74. The maximum atomic E-state index is 13.3. The molecule has 6 heteroatoms. The highest BCUT2D eigenvalue weighted by Crippen LogP contribution is 2.36. The van der Waals surface area contributed by atoms with Crippen LogP contribution in [-0.2, 0) is 9.53 Å². The molecule has 5 rings (SSSR count). The average Bonchev–Trinajstić information content (AvgIpc) is 3.33. The Morgan fingerprint density at radius 1 is 1.10 bits per heavy atom. The van der Waals surface area contributed by atoms with Crippen molar-refractivity contribution in [3.63, 3.8) is 0 Å². The maximum absolute atomic E-state index is 13.3. The number of fused-ring (bicyclic) bond motifs is 1. The highest BCUT2D eigenvalue weighted by Gasteiger charge is 2.32. The number of aromatic amines is 1. The number of hydrogen-bond acceptors (Lipinski definition) is 4. The van der Waals surface area contributed by atoms with Crippen LogP contribution in [0.5, 0.6) is 0 Å². The zero-order valence-corrected chi connectivity index (χ0v) is 18.1. The summed E-state index contributed by atoms with van der Waals surface area (Å²) in [5, 5.41) is 10.1. The van der Waals surface area contributed by atoms with Crippen molar-refractivity contribution in [3.8, 4) is 11.1 Å². The van der Waals surface area contributed by atoms with E-state index in [1.165, 1.54) is 16.3 Å². The van der Waals surface area contributed by atoms with Crippen LogP contribution < -0.4 is 0 Å². The molecular formula is C25H30N4O2. The molecule has 2 unspecified atom stereocenters. The largest absolute Gasteiger partial charge is 0.379 e. The van der Waals surface area contributed by atoms with E-state index in [9.17, 15) is 4.79 Å². The molecule has 3 aromatic rings. The molecule has 6 nitrogen and oxygen atoms in total. The number of carbonyl (C=O) groups excluding carboxylic acids is 1. The second-order valence-electron chi connectivity index (χ2n) is 8.67. The normalized spacial score (nSPS) is 21.3. The van der Waals surface area contributed by atoms with E-state index in [1.807, 2.05) is 13.1 Å². The summed E-state index contributed by atoms with van der Waals surface area (Å²) < 4.78 is 5.45. The van der Waals surface area contributed by atoms with Crippen molar-refractivity contribution >= 4 is 16.7 Å². The van der Waals surface area contributed by atoms with E-state index < -0.39 is 0 Å². The zero-order chi connectivity index (χ0) is 21.2. The quantitative estimate of drug-likeness (QED) is 0.703. The summed E-state index contributed by atoms with van der Waals surface area (Å²) in [6.07, 6.45) is 4.02. The fourth-order valence-electron chi connectivity index (χ4n) is 5.08. The molecule has 1 N–H and O–H groups in total. The highest BCUT2D eigenvalue weighted by atomic mass is 16.5. The zero-order valence-electron chi connectivity index (χ0n) is 18.1. The summed E-state index contributed by atoms with van der Waals surface area (Å²) in [6.45, 7) is 6.70. The van der Waals surface area contributed by atoms with E-state index in [2.05, 4.69) is 62.5 Å². The van der Waals surface area contributed by atoms with Gasteiger partial charge in [0.15, 0.2) is 0 Å². The molecule has 3 heterocycles. The van der Waals surface area contributed by atoms with Crippen LogP contribution in [0.4, 0.5) is 0 Å². The molecule has 31 heavy (non-hydrogen) atoms. The molecule has 1 aromatic heterocycles. The molecule has 2 fully saturated rings. The van der Waals surface area contributed by atoms with Gasteiger partial charge in [-0.15, -0.1) is 0 Å². The minimum Gasteiger partial charge on any atom is -0.379 e. The lowest BCUT2D eigenvalue weighted by atomic mass is 9.89. The van der Waals surface area contributed by atoms with E-state index >= 15 is 0 Å². The van der Waals surface area contributed by atoms with Gasteiger partial charge < -0.3 is 9.64 Å². The molecule has 2 aromatic carbocycles. The predicted molar refractivity (Wildman–Crippen MR) is 122 cm³/mol. The number of aromatic nitrogens is 2. The van der Waals surface area contributed by atoms with Gasteiger partial charge in [-0.3, -0.25) is 14.8 Å². The lowest BCUT2D eigenvalue weighted by molar-refractivity contribution is -0.139. The summed E-state index contributed by atoms with van der Waals surface area (Å²) in [4.78, 5) is 17.6. The first-order valence-electron chi connectivity index (χ1n) is 11.3. The summed E-state index contributed by atoms with van der Waals surface area (Å²) in [5.41, 5.74) is 3.50. The Balaban J connectivity index is 1.38. The van der Waals surface area contributed by atoms with Gasteiger partial charge in [-0.05, 0) is 36.1 Å². The average molecular weight is 419 g/mol. The molecular weight excluding hydrogens is 388 g/mol. The number of H-pyrrole nitrogens is 1. The van der Waals surface area contributed by atoms with Crippen molar-refractivity contribution in [2.75, 3.05) is 39.4 Å². The smallest absolute Gasteiger partial charge is 0.239 e. The van der Waals surface area contributed by atoms with E-state index in [1.54, 1.807) is 0 Å². The number of likely N-dealkylation sites (tertiary alicyclic amines) is 1. The third kappa shape index (κ3) is 3.98. The van der Waals surface area contributed by atoms with Crippen LogP contribution >= 0.6 is 0 Å². The monoisotopic (exact) mass is 418 g/mol. The summed E-state index contributed by atoms with van der Waals surface area (Å²) in [5.74, 6) is 0.504. The number of morpholine rings is 1. The van der Waals surface area contributed by atoms with Gasteiger partial charge in [-0.2, -0.15) is 5.10 Å². The summed E-state index contributed by atoms with van der Waals surface area (Å²) in [6, 6.07) is 14.8. The minimum absolute atomic E-state index is 0.0954. The molecule has 1 amide bonds. The van der Waals surface area contributed by atoms with Crippen LogP contribution in [0.25, 0.3) is 21.9 Å². The Bertz CT molecular complexity index is 1050. The Morgan fingerprint density at radius 2 is 1.90 bits per heavy atom. The number of hydrogen-bond donors (Lipinski definition) is 1. The van der Waals surface area contributed by atoms with Crippen molar-refractivity contribution in [3.05, 3.63) is 54.4 Å². The minimum atomic E-state index is -0.0954. The van der Waals surface area contributed by atoms with Gasteiger partial charge in [0.25, 0.3) is 0 Å². The predicted octanol–water partition coefficient (Wildman–Crippen LogP) is 3.66. The highest BCUT2D eigenvalue weighted by molar-refractivity contribution is 5.97. The molecule has 0 bridgehead atoms. The van der Waals surface area contributed by atoms with Crippen LogP contribution in [0.3, 0.4) is 0 Å². The summed E-state index contributed by atoms with van der Waals surface area (Å²) >= 11 is 0. The fraction of sp³-hybridized carbons (Fsp3) is 0.440. The molecule has 0 aliphatic carbocycles. The number of benzene rings is 2. The van der Waals surface area contributed by atoms with Crippen LogP contribution in [-0.4, -0.2) is 71.3 Å². The van der Waals surface area contributed by atoms with Crippen molar-refractivity contribution in [2.45, 2.75) is 31.7 Å². The first-order chi connectivity index (χ1) is 15.2. The Labute approximate surface area is 183 Å². The van der Waals surface area contributed by atoms with Gasteiger partial charge in [0.1, 0.15) is 0 Å². The second kappa shape index (κ2) is 8.81. The maximum Gasteiger partial charge on any atom is 0.239 e. The molecule has 2 aliphatic heterocycles. The Hall–Kier alpha value is -2.70. The third-order valence-corrected chi connectivity index (χ3v) is 6.84. The van der Waals surface area contributed by atoms with E-state index in [4.69, 9.17) is 4.74 Å². The standard InChI is InChI=1S/C25H30N4O2/c1-18(28-12-14-31-15-13-28)25(30)29-11-5-8-20(17-29)24-23(16-26-27-24)22-10-4-7-19-6-2-3-9-21(19)22/h2-4,6-7,9-10,16,18,20H,5,8,11-15,17H2,1H3,(H,26,27). The van der Waals surface area contributed by atoms with E-state index in [-0.39, 0.29) is 17.9 Å². The van der Waals surface area contributed by atoms with Crippen molar-refractivity contribution < 1.29 is 9.53 Å². The number of nitrogens with zero attached hydrogens (tertiary/aromatic N) is 3. The molecule has 0 radical (unpaired) electrons. The van der Waals surface area contributed by atoms with Crippen LogP contribution in [0.2, 0.25) is 0 Å². The second-order valence-corrected chi connectivity index (χ2v) is 8.67. The number of ether oxygens (including phenoxy) is 1. The number of amides is 1. The lowest BCUT2D eigenvalue weighted by Crippen LogP contribution is -2.52. The first-order valence-corrected chi connectivity index (χ1v) is 11.3. The van der Waals surface area contributed by atoms with Crippen molar-refractivity contribution in [2.24, 2.45) is 0 Å². The first kappa shape index (κ1) is 20.2. The van der Waals surface area contributed by atoms with Crippen molar-refractivity contribution in [1.29, 1.82) is 0 Å². The Morgan fingerprint density at radius 3 is 2.77 bits per heavy atom. The van der Waals surface area contributed by atoms with Gasteiger partial charge in [0, 0.05) is 43.4 Å². The topological polar surface area (TPSA) is 61.5 Å². The van der Waals surface area contributed by atoms with Gasteiger partial charge >= 0.3 is 0 Å². The van der Waals surface area contributed by atoms with E-state index in [0.717, 1.165) is 50.3 Å². The van der Waals surface area contributed by atoms with Gasteiger partial charge in [-0.1, -0.05) is 42.5 Å². The van der Waals surface area contributed by atoms with Crippen LogP contribution in [0.15, 0.2) is 48.7 Å². The molecule has 2 saturated heterocycles. The third-order valence-electron chi connectivity index (χ3n) is 6.84. The SMILES string of the molecule is CC(C(=O)N1CCCC(c2[nH]ncc2-c2cccc3ccccc23)C1)N1CCOCC1. The molecule has 2 aliphatic rings. The molecule has 0 spiro atoms. The van der Waals surface area contributed by atoms with Gasteiger partial charge in [0.2, 0.25) is 5.91 Å². The number of nitrogens with one attached hydrogen (secondary N) is 1. The lowest BCUT2D eigenvalue weighted by Gasteiger charge is -2.38. The van der Waals surface area contributed by atoms with Crippen LogP contribution in [0, 0.1) is 0 Å². The van der Waals surface area contributed by atoms with Gasteiger partial charge in [0.05, 0.1) is 25.5 Å². The molecule has 162 valence electrons. The van der Waals surface area contributed by atoms with Crippen molar-refractivity contribution in [1.82, 2.24) is 20.0 Å². The van der Waals surface area contributed by atoms with Gasteiger partial charge in [-0.25, -0.2) is 0 Å². The fourth-order valence-corrected chi connectivity index (χ4v) is 5.08. The summed E-state index contributed by atoms with van der Waals surface area (Å²) in [7, 11) is 0.